The molecule has 11 nitrogen and oxygen atoms in total. The Morgan fingerprint density at radius 2 is 1.80 bits per heavy atom. The normalized spacial score (nSPS) is 17.8. The molecule has 2 aromatic rings. The van der Waals surface area contributed by atoms with E-state index in [9.17, 15) is 29.1 Å². The van der Waals surface area contributed by atoms with Gasteiger partial charge in [0.2, 0.25) is 5.91 Å². The van der Waals surface area contributed by atoms with Crippen molar-refractivity contribution in [3.63, 3.8) is 0 Å². The van der Waals surface area contributed by atoms with E-state index in [0.29, 0.717) is 9.20 Å². The Hall–Kier alpha value is -2.92. The third-order valence-electron chi connectivity index (χ3n) is 5.69. The van der Waals surface area contributed by atoms with Crippen LogP contribution in [0.4, 0.5) is 5.00 Å². The molecular weight excluding hydrogens is 617 g/mol. The van der Waals surface area contributed by atoms with E-state index in [0.717, 1.165) is 49.3 Å². The number of allylic oxidation sites excluding steroid dienone is 1. The fourth-order valence-corrected chi connectivity index (χ4v) is 8.80. The highest BCUT2D eigenvalue weighted by Gasteiger charge is 2.35. The van der Waals surface area contributed by atoms with Crippen LogP contribution in [0.3, 0.4) is 0 Å². The highest BCUT2D eigenvalue weighted by molar-refractivity contribution is 8.30. The number of carbonyl (C=O) groups is 4. The number of rotatable bonds is 10. The summed E-state index contributed by atoms with van der Waals surface area (Å²) in [5, 5.41) is 22.8. The van der Waals surface area contributed by atoms with E-state index in [4.69, 9.17) is 17.3 Å². The van der Waals surface area contributed by atoms with Crippen molar-refractivity contribution in [1.29, 1.82) is 0 Å². The van der Waals surface area contributed by atoms with Gasteiger partial charge in [-0.1, -0.05) is 42.7 Å². The molecule has 2 aliphatic heterocycles. The van der Waals surface area contributed by atoms with E-state index in [1.165, 1.54) is 28.1 Å². The largest absolute Gasteiger partial charge is 0.481 e. The van der Waals surface area contributed by atoms with Crippen LogP contribution in [0.2, 0.25) is 0 Å². The predicted octanol–water partition coefficient (Wildman–Crippen LogP) is 1.43. The summed E-state index contributed by atoms with van der Waals surface area (Å²) in [5.74, 6) is -3.00. The minimum Gasteiger partial charge on any atom is -0.481 e. The second-order valence-electron chi connectivity index (χ2n) is 8.50. The van der Waals surface area contributed by atoms with Crippen LogP contribution in [0.1, 0.15) is 25.1 Å². The number of carbonyl (C=O) groups excluding carboxylic acids is 2. The van der Waals surface area contributed by atoms with E-state index >= 15 is 0 Å². The van der Waals surface area contributed by atoms with Gasteiger partial charge < -0.3 is 20.4 Å². The summed E-state index contributed by atoms with van der Waals surface area (Å²) in [6, 6.07) is 2.09. The standard InChI is InChI=1S/C24H24N4O7S5/c1-3-13-10-15-22(37-13)26(8-6-17(30)31)16(38-15)5-4-14-20(34)27(9-7-25-12(2)29)23(39-14)19-21(35)28(11-18(32)33)24(36)40-19/h4-5,10H,3,6-9,11H2,1-2H3,(H,25,29)(H,30,31)(H,32,33). The molecule has 4 heterocycles. The lowest BCUT2D eigenvalue weighted by Gasteiger charge is -2.18. The first kappa shape index (κ1) is 30.0. The zero-order valence-corrected chi connectivity index (χ0v) is 25.4. The Balaban J connectivity index is 1.78. The minimum atomic E-state index is -1.21. The van der Waals surface area contributed by atoms with Crippen LogP contribution >= 0.6 is 58.4 Å². The molecule has 1 fully saturated rings. The van der Waals surface area contributed by atoms with Gasteiger partial charge in [0.1, 0.15) is 25.4 Å². The number of thiocarbonyl (C=S) groups is 1. The molecular formula is C24H24N4O7S5. The van der Waals surface area contributed by atoms with Gasteiger partial charge in [-0.05, 0) is 24.6 Å². The van der Waals surface area contributed by atoms with Gasteiger partial charge >= 0.3 is 11.9 Å². The van der Waals surface area contributed by atoms with Gasteiger partial charge in [-0.3, -0.25) is 33.4 Å². The number of aromatic nitrogens is 1. The Labute approximate surface area is 249 Å². The Morgan fingerprint density at radius 3 is 2.45 bits per heavy atom. The second-order valence-corrected chi connectivity index (χ2v) is 13.4. The lowest BCUT2D eigenvalue weighted by Crippen LogP contribution is -2.37. The number of fused-ring (bicyclic) bond motifs is 1. The first-order chi connectivity index (χ1) is 19.0. The maximum absolute atomic E-state index is 13.5. The van der Waals surface area contributed by atoms with Crippen LogP contribution in [0.15, 0.2) is 26.9 Å². The Kier molecular flexibility index (Phi) is 9.56. The van der Waals surface area contributed by atoms with Crippen molar-refractivity contribution in [1.82, 2.24) is 14.8 Å². The van der Waals surface area contributed by atoms with Gasteiger partial charge in [-0.25, -0.2) is 0 Å². The summed E-state index contributed by atoms with van der Waals surface area (Å²) >= 11 is 10.3. The summed E-state index contributed by atoms with van der Waals surface area (Å²) in [6.45, 7) is 3.33. The molecule has 2 amide bonds. The van der Waals surface area contributed by atoms with Gasteiger partial charge in [0.25, 0.3) is 11.5 Å². The molecule has 0 saturated carbocycles. The zero-order chi connectivity index (χ0) is 29.1. The third-order valence-corrected chi connectivity index (χ3v) is 10.9. The number of hydrogen-bond donors (Lipinski definition) is 3. The number of anilines is 1. The molecule has 0 spiro atoms. The van der Waals surface area contributed by atoms with Crippen molar-refractivity contribution in [2.75, 3.05) is 24.5 Å². The van der Waals surface area contributed by atoms with Crippen LogP contribution in [-0.2, 0) is 32.1 Å². The molecule has 3 N–H and O–H groups in total. The van der Waals surface area contributed by atoms with Gasteiger partial charge in [-0.15, -0.1) is 22.7 Å². The summed E-state index contributed by atoms with van der Waals surface area (Å²) in [6.07, 6.45) is 4.21. The lowest BCUT2D eigenvalue weighted by atomic mass is 10.3. The van der Waals surface area contributed by atoms with Gasteiger partial charge in [-0.2, -0.15) is 0 Å². The number of thiazole rings is 1. The molecule has 0 bridgehead atoms. The topological polar surface area (TPSA) is 149 Å². The minimum absolute atomic E-state index is 0.0553. The molecule has 4 rings (SSSR count). The van der Waals surface area contributed by atoms with Gasteiger partial charge in [0.05, 0.1) is 16.0 Å². The number of carboxylic acid groups (broad SMARTS) is 2. The average Bonchev–Trinajstić information content (AvgIpc) is 3.59. The van der Waals surface area contributed by atoms with Crippen LogP contribution < -0.4 is 25.0 Å². The van der Waals surface area contributed by atoms with Crippen LogP contribution in [0.5, 0.6) is 0 Å². The number of aryl methyl sites for hydroxylation is 1. The fraction of sp³-hybridized carbons (Fsp3) is 0.333. The molecule has 2 aromatic heterocycles. The van der Waals surface area contributed by atoms with Crippen molar-refractivity contribution in [3.8, 4) is 0 Å². The van der Waals surface area contributed by atoms with Crippen molar-refractivity contribution >= 4 is 102 Å². The maximum atomic E-state index is 13.5. The van der Waals surface area contributed by atoms with E-state index in [1.807, 2.05) is 4.90 Å². The van der Waals surface area contributed by atoms with E-state index in [2.05, 4.69) is 18.3 Å². The van der Waals surface area contributed by atoms with Gasteiger partial charge in [0.15, 0.2) is 0 Å². The number of hydrogen-bond acceptors (Lipinski definition) is 11. The molecule has 212 valence electrons. The third kappa shape index (κ3) is 6.52. The van der Waals surface area contributed by atoms with E-state index in [-0.39, 0.29) is 46.7 Å². The van der Waals surface area contributed by atoms with Crippen molar-refractivity contribution in [2.45, 2.75) is 38.1 Å². The van der Waals surface area contributed by atoms with E-state index < -0.39 is 24.4 Å². The first-order valence-corrected chi connectivity index (χ1v) is 15.6. The summed E-state index contributed by atoms with van der Waals surface area (Å²) in [5.41, 5.74) is -0.381. The molecule has 1 saturated heterocycles. The van der Waals surface area contributed by atoms with E-state index in [1.54, 1.807) is 23.5 Å². The average molecular weight is 641 g/mol. The summed E-state index contributed by atoms with van der Waals surface area (Å²) < 4.78 is 2.10. The SMILES string of the molecule is CCc1cc2c(s1)N(CCC(=O)O)C(=CC=c1sc(=C3SC(=S)N(CC(=O)O)C3=O)n(CCNC(C)=O)c1=O)S2. The van der Waals surface area contributed by atoms with Crippen LogP contribution in [0.25, 0.3) is 11.0 Å². The Morgan fingerprint density at radius 1 is 1.05 bits per heavy atom. The summed E-state index contributed by atoms with van der Waals surface area (Å²) in [4.78, 5) is 65.7. The monoisotopic (exact) mass is 640 g/mol. The molecule has 0 radical (unpaired) electrons. The number of amides is 2. The molecule has 40 heavy (non-hydrogen) atoms. The maximum Gasteiger partial charge on any atom is 0.323 e. The lowest BCUT2D eigenvalue weighted by molar-refractivity contribution is -0.140. The quantitative estimate of drug-likeness (QED) is 0.324. The van der Waals surface area contributed by atoms with Crippen LogP contribution in [-0.4, -0.2) is 67.4 Å². The van der Waals surface area contributed by atoms with Crippen LogP contribution in [0, 0.1) is 0 Å². The molecule has 2 aliphatic rings. The van der Waals surface area contributed by atoms with Crippen molar-refractivity contribution in [2.24, 2.45) is 0 Å². The van der Waals surface area contributed by atoms with Crippen molar-refractivity contribution < 1.29 is 29.4 Å². The zero-order valence-electron chi connectivity index (χ0n) is 21.3. The molecule has 16 heteroatoms. The fourth-order valence-electron chi connectivity index (χ4n) is 3.85. The molecule has 0 aromatic carbocycles. The molecule has 0 atom stereocenters. The second kappa shape index (κ2) is 12.7. The smallest absolute Gasteiger partial charge is 0.323 e. The number of carboxylic acids is 2. The Bertz CT molecular complexity index is 1620. The van der Waals surface area contributed by atoms with Crippen molar-refractivity contribution in [3.05, 3.63) is 41.6 Å². The number of nitrogens with zero attached hydrogens (tertiary/aromatic N) is 3. The summed E-state index contributed by atoms with van der Waals surface area (Å²) in [7, 11) is 0. The first-order valence-electron chi connectivity index (χ1n) is 12.0. The van der Waals surface area contributed by atoms with Gasteiger partial charge in [0, 0.05) is 36.3 Å². The molecule has 0 aliphatic carbocycles. The number of nitrogens with one attached hydrogen (secondary N) is 1. The highest BCUT2D eigenvalue weighted by atomic mass is 32.2. The number of aliphatic carboxylic acids is 2. The highest BCUT2D eigenvalue weighted by Crippen LogP contribution is 2.50. The molecule has 0 unspecified atom stereocenters. The predicted molar refractivity (Wildman–Crippen MR) is 161 cm³/mol. The number of thioether (sulfide) groups is 2. The number of thiophene rings is 1.